The molecule has 3 aromatic rings. The van der Waals surface area contributed by atoms with Gasteiger partial charge >= 0.3 is 0 Å². The number of hydrogen-bond donors (Lipinski definition) is 1. The number of nitrogens with one attached hydrogen (secondary N) is 1. The highest BCUT2D eigenvalue weighted by atomic mass is 19.1. The largest absolute Gasteiger partial charge is 0.309 e. The average molecular weight is 375 g/mol. The lowest BCUT2D eigenvalue weighted by Gasteiger charge is -2.39. The predicted octanol–water partition coefficient (Wildman–Crippen LogP) is 4.97. The Bertz CT molecular complexity index is 866. The summed E-state index contributed by atoms with van der Waals surface area (Å²) in [6.45, 7) is 3.60. The number of halogens is 1. The van der Waals surface area contributed by atoms with E-state index in [0.29, 0.717) is 18.5 Å². The van der Waals surface area contributed by atoms with Crippen molar-refractivity contribution in [2.24, 2.45) is 0 Å². The maximum atomic E-state index is 14.0. The topological polar surface area (TPSA) is 15.3 Å². The summed E-state index contributed by atoms with van der Waals surface area (Å²) in [7, 11) is 0. The fourth-order valence-corrected chi connectivity index (χ4v) is 4.17. The third-order valence-corrected chi connectivity index (χ3v) is 5.69. The third-order valence-electron chi connectivity index (χ3n) is 5.69. The number of piperidine rings is 1. The van der Waals surface area contributed by atoms with Crippen molar-refractivity contribution < 1.29 is 4.39 Å². The molecule has 0 unspecified atom stereocenters. The average Bonchev–Trinajstić information content (AvgIpc) is 2.75. The first-order valence-electron chi connectivity index (χ1n) is 10.1. The molecular weight excluding hydrogens is 347 g/mol. The molecule has 1 heterocycles. The van der Waals surface area contributed by atoms with Gasteiger partial charge in [-0.05, 0) is 23.6 Å². The fraction of sp³-hybridized carbons (Fsp3) is 0.280. The van der Waals surface area contributed by atoms with E-state index in [2.05, 4.69) is 70.9 Å². The minimum absolute atomic E-state index is 0.132. The van der Waals surface area contributed by atoms with E-state index < -0.39 is 0 Å². The zero-order chi connectivity index (χ0) is 19.2. The highest BCUT2D eigenvalue weighted by Gasteiger charge is 2.30. The predicted molar refractivity (Wildman–Crippen MR) is 113 cm³/mol. The Morgan fingerprint density at radius 1 is 0.857 bits per heavy atom. The van der Waals surface area contributed by atoms with Crippen LogP contribution in [0.15, 0.2) is 84.9 Å². The van der Waals surface area contributed by atoms with Crippen LogP contribution in [0.25, 0.3) is 0 Å². The lowest BCUT2D eigenvalue weighted by atomic mass is 9.85. The Morgan fingerprint density at radius 3 is 2.29 bits per heavy atom. The molecule has 1 fully saturated rings. The van der Waals surface area contributed by atoms with Crippen LogP contribution in [0.1, 0.15) is 29.0 Å². The summed E-state index contributed by atoms with van der Waals surface area (Å²) >= 11 is 0. The molecule has 4 rings (SSSR count). The summed E-state index contributed by atoms with van der Waals surface area (Å²) in [5.41, 5.74) is 3.44. The molecule has 3 aromatic carbocycles. The molecule has 1 N–H and O–H groups in total. The second-order valence-corrected chi connectivity index (χ2v) is 7.61. The van der Waals surface area contributed by atoms with E-state index in [9.17, 15) is 4.39 Å². The summed E-state index contributed by atoms with van der Waals surface area (Å²) < 4.78 is 14.0. The van der Waals surface area contributed by atoms with E-state index in [4.69, 9.17) is 0 Å². The summed E-state index contributed by atoms with van der Waals surface area (Å²) in [4.78, 5) is 2.54. The molecule has 2 nitrogen and oxygen atoms in total. The van der Waals surface area contributed by atoms with Crippen LogP contribution in [0.5, 0.6) is 0 Å². The lowest BCUT2D eigenvalue weighted by molar-refractivity contribution is 0.166. The molecule has 0 bridgehead atoms. The molecule has 0 saturated carbocycles. The molecule has 0 aliphatic carbocycles. The molecular formula is C25H27FN2. The number of rotatable bonds is 6. The molecule has 0 spiro atoms. The molecule has 3 heteroatoms. The van der Waals surface area contributed by atoms with Crippen molar-refractivity contribution in [2.75, 3.05) is 13.1 Å². The Balaban J connectivity index is 1.47. The van der Waals surface area contributed by atoms with Crippen molar-refractivity contribution in [3.63, 3.8) is 0 Å². The van der Waals surface area contributed by atoms with Gasteiger partial charge in [0.15, 0.2) is 0 Å². The number of nitrogens with zero attached hydrogens (tertiary/aromatic N) is 1. The highest BCUT2D eigenvalue weighted by Crippen LogP contribution is 2.28. The van der Waals surface area contributed by atoms with E-state index in [1.807, 2.05) is 12.1 Å². The van der Waals surface area contributed by atoms with Gasteiger partial charge in [0.25, 0.3) is 0 Å². The number of benzene rings is 3. The Morgan fingerprint density at radius 2 is 1.54 bits per heavy atom. The van der Waals surface area contributed by atoms with Gasteiger partial charge in [0.2, 0.25) is 0 Å². The first-order valence-corrected chi connectivity index (χ1v) is 10.1. The van der Waals surface area contributed by atoms with Crippen molar-refractivity contribution in [1.82, 2.24) is 10.2 Å². The van der Waals surface area contributed by atoms with E-state index in [-0.39, 0.29) is 5.82 Å². The summed E-state index contributed by atoms with van der Waals surface area (Å²) in [5.74, 6) is 0.262. The Kier molecular flexibility index (Phi) is 6.15. The molecule has 28 heavy (non-hydrogen) atoms. The molecule has 0 radical (unpaired) electrons. The minimum Gasteiger partial charge on any atom is -0.309 e. The van der Waals surface area contributed by atoms with E-state index in [0.717, 1.165) is 31.6 Å². The third kappa shape index (κ3) is 4.67. The normalized spacial score (nSPS) is 20.2. The van der Waals surface area contributed by atoms with Crippen LogP contribution in [0.2, 0.25) is 0 Å². The van der Waals surface area contributed by atoms with Crippen molar-refractivity contribution in [3.8, 4) is 0 Å². The van der Waals surface area contributed by atoms with Crippen LogP contribution in [-0.2, 0) is 13.1 Å². The molecule has 0 amide bonds. The standard InChI is InChI=1S/C25H27FN2/c26-24-14-8-7-13-22(24)17-27-25-15-16-28(18-20-9-3-1-4-10-20)19-23(25)21-11-5-2-6-12-21/h1-14,23,25,27H,15-19H2/t23-,25-/m0/s1. The highest BCUT2D eigenvalue weighted by molar-refractivity contribution is 5.24. The van der Waals surface area contributed by atoms with Gasteiger partial charge in [0, 0.05) is 43.7 Å². The van der Waals surface area contributed by atoms with E-state index >= 15 is 0 Å². The smallest absolute Gasteiger partial charge is 0.127 e. The Labute approximate surface area is 167 Å². The van der Waals surface area contributed by atoms with Crippen LogP contribution in [0.4, 0.5) is 4.39 Å². The SMILES string of the molecule is Fc1ccccc1CN[C@H]1CCN(Cc2ccccc2)C[C@H]1c1ccccc1. The molecule has 144 valence electrons. The lowest BCUT2D eigenvalue weighted by Crippen LogP contribution is -2.47. The minimum atomic E-state index is -0.132. The number of hydrogen-bond acceptors (Lipinski definition) is 2. The number of likely N-dealkylation sites (tertiary alicyclic amines) is 1. The van der Waals surface area contributed by atoms with Crippen molar-refractivity contribution in [1.29, 1.82) is 0 Å². The maximum absolute atomic E-state index is 14.0. The monoisotopic (exact) mass is 374 g/mol. The van der Waals surface area contributed by atoms with Crippen LogP contribution < -0.4 is 5.32 Å². The molecule has 0 aromatic heterocycles. The summed E-state index contributed by atoms with van der Waals surface area (Å²) in [6.07, 6.45) is 1.06. The first-order chi connectivity index (χ1) is 13.8. The fourth-order valence-electron chi connectivity index (χ4n) is 4.17. The van der Waals surface area contributed by atoms with Crippen molar-refractivity contribution >= 4 is 0 Å². The maximum Gasteiger partial charge on any atom is 0.127 e. The second kappa shape index (κ2) is 9.13. The van der Waals surface area contributed by atoms with Crippen molar-refractivity contribution in [3.05, 3.63) is 107 Å². The van der Waals surface area contributed by atoms with Crippen LogP contribution in [0, 0.1) is 5.82 Å². The summed E-state index contributed by atoms with van der Waals surface area (Å²) in [6, 6.07) is 28.8. The van der Waals surface area contributed by atoms with Gasteiger partial charge in [-0.3, -0.25) is 4.90 Å². The first kappa shape index (κ1) is 18.9. The molecule has 2 atom stereocenters. The van der Waals surface area contributed by atoms with Gasteiger partial charge in [-0.1, -0.05) is 78.9 Å². The molecule has 1 saturated heterocycles. The Hall–Kier alpha value is -2.49. The van der Waals surface area contributed by atoms with Gasteiger partial charge in [-0.25, -0.2) is 4.39 Å². The molecule has 1 aliphatic heterocycles. The van der Waals surface area contributed by atoms with Crippen LogP contribution >= 0.6 is 0 Å². The van der Waals surface area contributed by atoms with Gasteiger partial charge in [-0.15, -0.1) is 0 Å². The van der Waals surface area contributed by atoms with E-state index in [1.165, 1.54) is 17.2 Å². The van der Waals surface area contributed by atoms with Gasteiger partial charge in [0.1, 0.15) is 5.82 Å². The molecule has 1 aliphatic rings. The van der Waals surface area contributed by atoms with Crippen molar-refractivity contribution in [2.45, 2.75) is 31.5 Å². The van der Waals surface area contributed by atoms with Crippen LogP contribution in [-0.4, -0.2) is 24.0 Å². The zero-order valence-corrected chi connectivity index (χ0v) is 16.1. The van der Waals surface area contributed by atoms with Gasteiger partial charge < -0.3 is 5.32 Å². The zero-order valence-electron chi connectivity index (χ0n) is 16.1. The second-order valence-electron chi connectivity index (χ2n) is 7.61. The van der Waals surface area contributed by atoms with Crippen LogP contribution in [0.3, 0.4) is 0 Å². The summed E-state index contributed by atoms with van der Waals surface area (Å²) in [5, 5.41) is 3.65. The van der Waals surface area contributed by atoms with Gasteiger partial charge in [0.05, 0.1) is 0 Å². The van der Waals surface area contributed by atoms with E-state index in [1.54, 1.807) is 6.07 Å². The van der Waals surface area contributed by atoms with Gasteiger partial charge in [-0.2, -0.15) is 0 Å². The quantitative estimate of drug-likeness (QED) is 0.655.